The Balaban J connectivity index is 2.29. The number of hydrogen-bond donors (Lipinski definition) is 7. The number of hydrogen-bond acceptors (Lipinski definition) is 10. The lowest BCUT2D eigenvalue weighted by atomic mass is 9.86. The van der Waals surface area contributed by atoms with E-state index in [4.69, 9.17) is 19.3 Å². The van der Waals surface area contributed by atoms with Gasteiger partial charge in [0.1, 0.15) is 24.4 Å². The first-order chi connectivity index (χ1) is 13.2. The quantitative estimate of drug-likeness (QED) is 0.213. The van der Waals surface area contributed by atoms with Crippen LogP contribution in [0.25, 0.3) is 0 Å². The summed E-state index contributed by atoms with van der Waals surface area (Å²) in [6, 6.07) is 0. The molecule has 2 aliphatic rings. The maximum atomic E-state index is 11.4. The normalized spacial score (nSPS) is 37.2. The molecule has 12 heteroatoms. The summed E-state index contributed by atoms with van der Waals surface area (Å²) in [5.74, 6) is -3.94. The van der Waals surface area contributed by atoms with Gasteiger partial charge < -0.3 is 50.0 Å². The molecule has 0 aromatic rings. The van der Waals surface area contributed by atoms with Crippen LogP contribution < -0.4 is 0 Å². The molecular formula is C16H22O12. The van der Waals surface area contributed by atoms with Crippen molar-refractivity contribution in [1.82, 2.24) is 0 Å². The summed E-state index contributed by atoms with van der Waals surface area (Å²) in [6.07, 6.45) is -8.13. The number of aliphatic carboxylic acids is 2. The fourth-order valence-electron chi connectivity index (χ4n) is 3.00. The van der Waals surface area contributed by atoms with Crippen molar-refractivity contribution in [2.45, 2.75) is 43.4 Å². The molecule has 0 aliphatic carbocycles. The molecule has 0 saturated carbocycles. The van der Waals surface area contributed by atoms with Gasteiger partial charge in [0, 0.05) is 11.5 Å². The SMILES string of the molecule is O=C(O)C[C@@H]1C(C(=O)O)=CO[C@@H](O[C@@H]2O[C@H](CO)[C@@H](O)[C@H](O)[C@H]2O)/C1=C/CO. The van der Waals surface area contributed by atoms with Crippen LogP contribution in [0, 0.1) is 5.92 Å². The molecule has 28 heavy (non-hydrogen) atoms. The molecule has 7 N–H and O–H groups in total. The lowest BCUT2D eigenvalue weighted by Gasteiger charge is -2.41. The van der Waals surface area contributed by atoms with Crippen molar-refractivity contribution in [2.24, 2.45) is 5.92 Å². The number of rotatable bonds is 7. The Bertz CT molecular complexity index is 642. The Morgan fingerprint density at radius 1 is 1.11 bits per heavy atom. The smallest absolute Gasteiger partial charge is 0.335 e. The number of aliphatic hydroxyl groups excluding tert-OH is 5. The molecule has 7 atom stereocenters. The molecule has 1 fully saturated rings. The van der Waals surface area contributed by atoms with E-state index < -0.39 is 74.5 Å². The average molecular weight is 406 g/mol. The van der Waals surface area contributed by atoms with Gasteiger partial charge in [-0.3, -0.25) is 4.79 Å². The van der Waals surface area contributed by atoms with E-state index in [1.54, 1.807) is 0 Å². The summed E-state index contributed by atoms with van der Waals surface area (Å²) >= 11 is 0. The zero-order valence-electron chi connectivity index (χ0n) is 14.5. The van der Waals surface area contributed by atoms with E-state index >= 15 is 0 Å². The summed E-state index contributed by atoms with van der Waals surface area (Å²) in [5, 5.41) is 66.5. The molecular weight excluding hydrogens is 384 g/mol. The van der Waals surface area contributed by atoms with Gasteiger partial charge >= 0.3 is 11.9 Å². The third kappa shape index (κ3) is 4.67. The third-order valence-corrected chi connectivity index (χ3v) is 4.43. The summed E-state index contributed by atoms with van der Waals surface area (Å²) in [5.41, 5.74) is -0.419. The van der Waals surface area contributed by atoms with E-state index in [9.17, 15) is 40.2 Å². The monoisotopic (exact) mass is 406 g/mol. The molecule has 0 aromatic heterocycles. The zero-order chi connectivity index (χ0) is 21.0. The fraction of sp³-hybridized carbons (Fsp3) is 0.625. The van der Waals surface area contributed by atoms with Gasteiger partial charge in [-0.25, -0.2) is 4.79 Å². The summed E-state index contributed by atoms with van der Waals surface area (Å²) < 4.78 is 15.8. The largest absolute Gasteiger partial charge is 0.481 e. The predicted molar refractivity (Wildman–Crippen MR) is 86.4 cm³/mol. The van der Waals surface area contributed by atoms with E-state index in [0.29, 0.717) is 0 Å². The zero-order valence-corrected chi connectivity index (χ0v) is 14.5. The number of carbonyl (C=O) groups is 2. The van der Waals surface area contributed by atoms with E-state index in [0.717, 1.165) is 12.3 Å². The Morgan fingerprint density at radius 3 is 2.32 bits per heavy atom. The van der Waals surface area contributed by atoms with Crippen LogP contribution in [0.5, 0.6) is 0 Å². The van der Waals surface area contributed by atoms with Crippen molar-refractivity contribution in [3.8, 4) is 0 Å². The highest BCUT2D eigenvalue weighted by atomic mass is 16.8. The third-order valence-electron chi connectivity index (χ3n) is 4.43. The highest BCUT2D eigenvalue weighted by molar-refractivity contribution is 5.89. The summed E-state index contributed by atoms with van der Waals surface area (Å²) in [4.78, 5) is 22.5. The maximum Gasteiger partial charge on any atom is 0.335 e. The number of carboxylic acids is 2. The number of aliphatic hydroxyl groups is 5. The molecule has 2 rings (SSSR count). The Morgan fingerprint density at radius 2 is 1.79 bits per heavy atom. The molecule has 2 aliphatic heterocycles. The predicted octanol–water partition coefficient (Wildman–Crippen LogP) is -2.86. The maximum absolute atomic E-state index is 11.4. The standard InChI is InChI=1S/C16H22O12/c17-2-1-6-7(3-10(19)20)8(14(24)25)5-26-15(6)28-16-13(23)12(22)11(21)9(4-18)27-16/h1,5,7,9,11-13,15-18,21-23H,2-4H2,(H,19,20)(H,24,25)/b6-1+/t7-,9+,11+,12-,13+,15-,16-/m0/s1. The minimum absolute atomic E-state index is 0.0400. The summed E-state index contributed by atoms with van der Waals surface area (Å²) in [6.45, 7) is -1.28. The molecule has 0 amide bonds. The van der Waals surface area contributed by atoms with Crippen LogP contribution >= 0.6 is 0 Å². The fourth-order valence-corrected chi connectivity index (χ4v) is 3.00. The highest BCUT2D eigenvalue weighted by Gasteiger charge is 2.46. The Kier molecular flexibility index (Phi) is 7.48. The first-order valence-electron chi connectivity index (χ1n) is 8.28. The van der Waals surface area contributed by atoms with Gasteiger partial charge in [-0.05, 0) is 0 Å². The van der Waals surface area contributed by atoms with E-state index in [2.05, 4.69) is 0 Å². The second-order valence-corrected chi connectivity index (χ2v) is 6.22. The van der Waals surface area contributed by atoms with Crippen LogP contribution in [-0.4, -0.2) is 97.9 Å². The molecule has 1 saturated heterocycles. The van der Waals surface area contributed by atoms with Crippen molar-refractivity contribution in [3.63, 3.8) is 0 Å². The van der Waals surface area contributed by atoms with Gasteiger partial charge in [-0.1, -0.05) is 6.08 Å². The van der Waals surface area contributed by atoms with Crippen molar-refractivity contribution in [2.75, 3.05) is 13.2 Å². The molecule has 158 valence electrons. The van der Waals surface area contributed by atoms with Crippen molar-refractivity contribution >= 4 is 11.9 Å². The van der Waals surface area contributed by atoms with Crippen LogP contribution in [0.4, 0.5) is 0 Å². The summed E-state index contributed by atoms with van der Waals surface area (Å²) in [7, 11) is 0. The lowest BCUT2D eigenvalue weighted by Crippen LogP contribution is -2.60. The molecule has 0 aromatic carbocycles. The Hall–Kier alpha value is -2.06. The van der Waals surface area contributed by atoms with Gasteiger partial charge in [0.2, 0.25) is 6.29 Å². The van der Waals surface area contributed by atoms with Gasteiger partial charge in [0.25, 0.3) is 0 Å². The molecule has 2 heterocycles. The number of carboxylic acid groups (broad SMARTS) is 2. The molecule has 0 unspecified atom stereocenters. The Labute approximate surface area is 158 Å². The van der Waals surface area contributed by atoms with Crippen LogP contribution in [0.1, 0.15) is 6.42 Å². The molecule has 0 spiro atoms. The van der Waals surface area contributed by atoms with Crippen molar-refractivity contribution < 1.29 is 59.5 Å². The van der Waals surface area contributed by atoms with Crippen LogP contribution in [0.15, 0.2) is 23.5 Å². The first kappa shape index (κ1) is 22.2. The van der Waals surface area contributed by atoms with Crippen LogP contribution in [0.3, 0.4) is 0 Å². The molecule has 0 bridgehead atoms. The van der Waals surface area contributed by atoms with Gasteiger partial charge in [-0.2, -0.15) is 0 Å². The van der Waals surface area contributed by atoms with Gasteiger partial charge in [0.05, 0.1) is 31.5 Å². The van der Waals surface area contributed by atoms with Gasteiger partial charge in [-0.15, -0.1) is 0 Å². The van der Waals surface area contributed by atoms with E-state index in [1.807, 2.05) is 0 Å². The topological polar surface area (TPSA) is 203 Å². The molecule has 0 radical (unpaired) electrons. The van der Waals surface area contributed by atoms with E-state index in [-0.39, 0.29) is 11.1 Å². The minimum Gasteiger partial charge on any atom is -0.481 e. The van der Waals surface area contributed by atoms with Crippen molar-refractivity contribution in [1.29, 1.82) is 0 Å². The first-order valence-corrected chi connectivity index (χ1v) is 8.28. The van der Waals surface area contributed by atoms with Crippen LogP contribution in [-0.2, 0) is 23.8 Å². The van der Waals surface area contributed by atoms with Crippen molar-refractivity contribution in [3.05, 3.63) is 23.5 Å². The number of ether oxygens (including phenoxy) is 3. The lowest BCUT2D eigenvalue weighted by molar-refractivity contribution is -0.327. The molecule has 12 nitrogen and oxygen atoms in total. The van der Waals surface area contributed by atoms with Gasteiger partial charge in [0.15, 0.2) is 6.29 Å². The van der Waals surface area contributed by atoms with E-state index in [1.165, 1.54) is 0 Å². The minimum atomic E-state index is -1.75. The second-order valence-electron chi connectivity index (χ2n) is 6.22. The second kappa shape index (κ2) is 9.43. The highest BCUT2D eigenvalue weighted by Crippen LogP contribution is 2.35. The average Bonchev–Trinajstić information content (AvgIpc) is 2.64. The van der Waals surface area contributed by atoms with Crippen LogP contribution in [0.2, 0.25) is 0 Å².